The molecule has 4 nitrogen and oxygen atoms in total. The zero-order chi connectivity index (χ0) is 27.6. The van der Waals surface area contributed by atoms with Crippen molar-refractivity contribution in [2.75, 3.05) is 0 Å². The van der Waals surface area contributed by atoms with E-state index in [1.54, 1.807) is 17.6 Å². The molecule has 0 aliphatic heterocycles. The van der Waals surface area contributed by atoms with Gasteiger partial charge in [0.25, 0.3) is 0 Å². The Bertz CT molecular complexity index is 2110. The van der Waals surface area contributed by atoms with Gasteiger partial charge in [-0.1, -0.05) is 115 Å². The zero-order valence-corrected chi connectivity index (χ0v) is 22.8. The second-order valence-corrected chi connectivity index (χ2v) is 10.8. The molecule has 1 heterocycles. The van der Waals surface area contributed by atoms with E-state index < -0.39 is 0 Å². The summed E-state index contributed by atoms with van der Waals surface area (Å²) in [5, 5.41) is 14.3. The van der Waals surface area contributed by atoms with Gasteiger partial charge in [-0.25, -0.2) is 15.0 Å². The molecule has 0 unspecified atom stereocenters. The van der Waals surface area contributed by atoms with Crippen LogP contribution in [0.3, 0.4) is 0 Å². The molecule has 0 amide bonds. The van der Waals surface area contributed by atoms with Crippen LogP contribution in [0.15, 0.2) is 143 Å². The Balaban J connectivity index is 1.27. The highest BCUT2D eigenvalue weighted by atomic mass is 32.1. The predicted molar refractivity (Wildman–Crippen MR) is 174 cm³/mol. The van der Waals surface area contributed by atoms with Crippen LogP contribution in [0.1, 0.15) is 16.7 Å². The van der Waals surface area contributed by atoms with Crippen LogP contribution >= 0.6 is 11.3 Å². The van der Waals surface area contributed by atoms with Gasteiger partial charge in [-0.05, 0) is 39.9 Å². The Morgan fingerprint density at radius 2 is 1.34 bits per heavy atom. The summed E-state index contributed by atoms with van der Waals surface area (Å²) in [5.74, 6) is 0.649. The average Bonchev–Trinajstić information content (AvgIpc) is 3.48. The summed E-state index contributed by atoms with van der Waals surface area (Å²) in [6, 6.07) is 44.8. The van der Waals surface area contributed by atoms with Gasteiger partial charge in [-0.15, -0.1) is 11.3 Å². The summed E-state index contributed by atoms with van der Waals surface area (Å²) in [6.45, 7) is 0. The molecule has 7 aromatic rings. The fourth-order valence-electron chi connectivity index (χ4n) is 4.91. The number of nitrogens with one attached hydrogen (secondary N) is 1. The molecule has 1 aromatic heterocycles. The minimum atomic E-state index is 0.156. The number of thiazole rings is 1. The lowest BCUT2D eigenvalue weighted by Crippen LogP contribution is -2.05. The Labute approximate surface area is 241 Å². The second kappa shape index (κ2) is 10.7. The number of aromatic nitrogens is 1. The summed E-state index contributed by atoms with van der Waals surface area (Å²) in [5.41, 5.74) is 4.66. The van der Waals surface area contributed by atoms with E-state index >= 15 is 0 Å². The molecule has 0 saturated heterocycles. The van der Waals surface area contributed by atoms with Gasteiger partial charge in [0, 0.05) is 28.3 Å². The normalized spacial score (nSPS) is 12.0. The van der Waals surface area contributed by atoms with Gasteiger partial charge in [-0.3, -0.25) is 5.41 Å². The largest absolute Gasteiger partial charge is 0.282 e. The maximum Gasteiger partial charge on any atom is 0.161 e. The molecule has 0 saturated carbocycles. The number of amidine groups is 2. The van der Waals surface area contributed by atoms with Gasteiger partial charge in [0.05, 0.1) is 10.2 Å². The van der Waals surface area contributed by atoms with E-state index in [1.807, 2.05) is 78.9 Å². The van der Waals surface area contributed by atoms with E-state index in [2.05, 4.69) is 54.6 Å². The highest BCUT2D eigenvalue weighted by molar-refractivity contribution is 7.21. The number of rotatable bonds is 4. The van der Waals surface area contributed by atoms with Crippen molar-refractivity contribution in [2.45, 2.75) is 0 Å². The molecule has 0 aliphatic rings. The Kier molecular flexibility index (Phi) is 6.47. The van der Waals surface area contributed by atoms with E-state index in [0.717, 1.165) is 59.0 Å². The molecule has 0 spiro atoms. The molecule has 0 atom stereocenters. The lowest BCUT2D eigenvalue weighted by atomic mass is 10.0. The van der Waals surface area contributed by atoms with Crippen LogP contribution in [0.4, 0.5) is 0 Å². The van der Waals surface area contributed by atoms with Crippen molar-refractivity contribution in [3.05, 3.63) is 150 Å². The molecule has 0 aliphatic carbocycles. The van der Waals surface area contributed by atoms with Gasteiger partial charge in [0.1, 0.15) is 5.01 Å². The van der Waals surface area contributed by atoms with Crippen molar-refractivity contribution in [2.24, 2.45) is 9.98 Å². The van der Waals surface area contributed by atoms with Crippen LogP contribution in [-0.4, -0.2) is 22.9 Å². The Hall–Kier alpha value is -5.26. The van der Waals surface area contributed by atoms with Gasteiger partial charge in [0.2, 0.25) is 0 Å². The third kappa shape index (κ3) is 5.07. The number of benzene rings is 6. The van der Waals surface area contributed by atoms with Crippen molar-refractivity contribution in [3.63, 3.8) is 0 Å². The molecule has 5 heteroatoms. The first-order chi connectivity index (χ1) is 20.2. The quantitative estimate of drug-likeness (QED) is 0.174. The van der Waals surface area contributed by atoms with Crippen molar-refractivity contribution in [1.29, 1.82) is 5.41 Å². The smallest absolute Gasteiger partial charge is 0.161 e. The molecule has 7 rings (SSSR count). The van der Waals surface area contributed by atoms with Gasteiger partial charge < -0.3 is 0 Å². The fourth-order valence-corrected chi connectivity index (χ4v) is 5.90. The Morgan fingerprint density at radius 1 is 0.659 bits per heavy atom. The molecular formula is C36H24N4S. The topological polar surface area (TPSA) is 61.5 Å². The lowest BCUT2D eigenvalue weighted by molar-refractivity contribution is 1.40. The standard InChI is InChI=1S/C36H24N4S/c37-34(29-17-19-31-28(22-29)18-20-32-33(31)39-36(41-32)26-12-5-2-6-13-26)40-35(38-23-24-9-3-1-4-10-24)30-16-15-25-11-7-8-14-27(25)21-30/h1-23,37H. The summed E-state index contributed by atoms with van der Waals surface area (Å²) >= 11 is 1.69. The molecule has 0 bridgehead atoms. The number of aliphatic imine (C=N–C) groups is 2. The van der Waals surface area contributed by atoms with Crippen LogP contribution in [0.2, 0.25) is 0 Å². The minimum Gasteiger partial charge on any atom is -0.282 e. The maximum absolute atomic E-state index is 8.94. The van der Waals surface area contributed by atoms with E-state index in [0.29, 0.717) is 5.84 Å². The first-order valence-corrected chi connectivity index (χ1v) is 14.2. The summed E-state index contributed by atoms with van der Waals surface area (Å²) in [6.07, 6.45) is 1.80. The summed E-state index contributed by atoms with van der Waals surface area (Å²) in [4.78, 5) is 14.5. The van der Waals surface area contributed by atoms with E-state index in [1.165, 1.54) is 0 Å². The van der Waals surface area contributed by atoms with Crippen molar-refractivity contribution < 1.29 is 0 Å². The van der Waals surface area contributed by atoms with Crippen LogP contribution < -0.4 is 0 Å². The third-order valence-corrected chi connectivity index (χ3v) is 8.10. The van der Waals surface area contributed by atoms with Crippen molar-refractivity contribution in [1.82, 2.24) is 4.98 Å². The molecule has 194 valence electrons. The summed E-state index contributed by atoms with van der Waals surface area (Å²) < 4.78 is 1.14. The van der Waals surface area contributed by atoms with Crippen LogP contribution in [0, 0.1) is 5.41 Å². The van der Waals surface area contributed by atoms with E-state index in [9.17, 15) is 0 Å². The van der Waals surface area contributed by atoms with Crippen LogP contribution in [0.25, 0.3) is 42.3 Å². The average molecular weight is 545 g/mol. The van der Waals surface area contributed by atoms with Gasteiger partial charge >= 0.3 is 0 Å². The van der Waals surface area contributed by atoms with Gasteiger partial charge in [0.15, 0.2) is 11.7 Å². The first-order valence-electron chi connectivity index (χ1n) is 13.4. The zero-order valence-electron chi connectivity index (χ0n) is 22.0. The van der Waals surface area contributed by atoms with E-state index in [-0.39, 0.29) is 5.84 Å². The lowest BCUT2D eigenvalue weighted by Gasteiger charge is -2.07. The second-order valence-electron chi connectivity index (χ2n) is 9.75. The van der Waals surface area contributed by atoms with Crippen molar-refractivity contribution >= 4 is 61.0 Å². The van der Waals surface area contributed by atoms with Crippen molar-refractivity contribution in [3.8, 4) is 10.6 Å². The minimum absolute atomic E-state index is 0.156. The van der Waals surface area contributed by atoms with Gasteiger partial charge in [-0.2, -0.15) is 0 Å². The number of fused-ring (bicyclic) bond motifs is 4. The van der Waals surface area contributed by atoms with Crippen LogP contribution in [-0.2, 0) is 0 Å². The maximum atomic E-state index is 8.94. The predicted octanol–water partition coefficient (Wildman–Crippen LogP) is 9.16. The molecule has 0 fully saturated rings. The fraction of sp³-hybridized carbons (Fsp3) is 0. The molecule has 1 N–H and O–H groups in total. The summed E-state index contributed by atoms with van der Waals surface area (Å²) in [7, 11) is 0. The third-order valence-electron chi connectivity index (χ3n) is 7.03. The number of hydrogen-bond donors (Lipinski definition) is 1. The van der Waals surface area contributed by atoms with Crippen LogP contribution in [0.5, 0.6) is 0 Å². The Morgan fingerprint density at radius 3 is 2.17 bits per heavy atom. The molecule has 6 aromatic carbocycles. The highest BCUT2D eigenvalue weighted by Gasteiger charge is 2.12. The van der Waals surface area contributed by atoms with E-state index in [4.69, 9.17) is 20.4 Å². The highest BCUT2D eigenvalue weighted by Crippen LogP contribution is 2.34. The number of nitrogens with zero attached hydrogens (tertiary/aromatic N) is 3. The molecular weight excluding hydrogens is 520 g/mol. The monoisotopic (exact) mass is 544 g/mol. The first kappa shape index (κ1) is 24.8. The number of hydrogen-bond acceptors (Lipinski definition) is 3. The molecule has 41 heavy (non-hydrogen) atoms. The molecule has 0 radical (unpaired) electrons. The SMILES string of the molecule is N=C(N=C(N=Cc1ccccc1)c1ccc2ccccc2c1)c1ccc2c(ccc3sc(-c4ccccc4)nc32)c1.